The maximum Gasteiger partial charge on any atom is 0.229 e. The number of nitrogens with one attached hydrogen (secondary N) is 2. The lowest BCUT2D eigenvalue weighted by Crippen LogP contribution is -2.35. The number of benzene rings is 2. The first-order chi connectivity index (χ1) is 18.0. The van der Waals surface area contributed by atoms with Crippen molar-refractivity contribution in [2.75, 3.05) is 17.2 Å². The van der Waals surface area contributed by atoms with Crippen LogP contribution in [0.5, 0.6) is 0 Å². The second-order valence-corrected chi connectivity index (χ2v) is 10.3. The lowest BCUT2D eigenvalue weighted by Gasteiger charge is -2.21. The number of nitrogens with zero attached hydrogens (tertiary/aromatic N) is 4. The molecule has 1 fully saturated rings. The third-order valence-corrected chi connectivity index (χ3v) is 7.89. The van der Waals surface area contributed by atoms with Crippen molar-refractivity contribution in [2.24, 2.45) is 5.92 Å². The predicted molar refractivity (Wildman–Crippen MR) is 145 cm³/mol. The van der Waals surface area contributed by atoms with Gasteiger partial charge in [0.25, 0.3) is 0 Å². The number of aliphatic hydroxyl groups is 3. The highest BCUT2D eigenvalue weighted by atomic mass is 32.1. The molecule has 6 rings (SSSR count). The van der Waals surface area contributed by atoms with Crippen LogP contribution in [0.4, 0.5) is 17.5 Å². The van der Waals surface area contributed by atoms with E-state index in [2.05, 4.69) is 15.6 Å². The Bertz CT molecular complexity index is 1550. The molecule has 2 unspecified atom stereocenters. The summed E-state index contributed by atoms with van der Waals surface area (Å²) in [5.41, 5.74) is 3.90. The SMILES string of the molecule is Cc1nc(Nc2cccc3cccnc23)nc(NC2CC(CO)[C@@H](O)[C@H]2O)c1-c1nc2ccccc2s1. The van der Waals surface area contributed by atoms with E-state index >= 15 is 0 Å². The van der Waals surface area contributed by atoms with E-state index in [0.717, 1.165) is 37.4 Å². The third-order valence-electron chi connectivity index (χ3n) is 6.84. The minimum atomic E-state index is -1.05. The minimum Gasteiger partial charge on any atom is -0.396 e. The van der Waals surface area contributed by atoms with Crippen LogP contribution in [0.15, 0.2) is 60.8 Å². The molecule has 4 atom stereocenters. The Morgan fingerprint density at radius 3 is 2.62 bits per heavy atom. The molecular formula is C27H26N6O3S. The second kappa shape index (κ2) is 9.64. The van der Waals surface area contributed by atoms with Crippen LogP contribution >= 0.6 is 11.3 Å². The van der Waals surface area contributed by atoms with E-state index in [1.54, 1.807) is 17.5 Å². The predicted octanol–water partition coefficient (Wildman–Crippen LogP) is 3.87. The number of aryl methyl sites for hydroxylation is 1. The highest BCUT2D eigenvalue weighted by Gasteiger charge is 2.41. The van der Waals surface area contributed by atoms with Gasteiger partial charge >= 0.3 is 0 Å². The van der Waals surface area contributed by atoms with Gasteiger partial charge in [0.05, 0.1) is 44.8 Å². The third kappa shape index (κ3) is 4.38. The number of aliphatic hydroxyl groups excluding tert-OH is 3. The molecular weight excluding hydrogens is 488 g/mol. The molecule has 1 aliphatic rings. The average molecular weight is 515 g/mol. The Kier molecular flexibility index (Phi) is 6.17. The van der Waals surface area contributed by atoms with Crippen LogP contribution < -0.4 is 10.6 Å². The average Bonchev–Trinajstić information content (AvgIpc) is 3.45. The molecule has 1 aliphatic carbocycles. The smallest absolute Gasteiger partial charge is 0.229 e. The van der Waals surface area contributed by atoms with Gasteiger partial charge in [-0.1, -0.05) is 30.3 Å². The summed E-state index contributed by atoms with van der Waals surface area (Å²) in [5.74, 6) is 0.451. The number of anilines is 3. The lowest BCUT2D eigenvalue weighted by atomic mass is 10.1. The Labute approximate surface area is 216 Å². The van der Waals surface area contributed by atoms with Crippen LogP contribution in [-0.2, 0) is 0 Å². The van der Waals surface area contributed by atoms with Crippen molar-refractivity contribution in [3.8, 4) is 10.6 Å². The van der Waals surface area contributed by atoms with E-state index in [9.17, 15) is 15.3 Å². The van der Waals surface area contributed by atoms with Crippen LogP contribution in [0.25, 0.3) is 31.7 Å². The quantitative estimate of drug-likeness (QED) is 0.229. The van der Waals surface area contributed by atoms with Gasteiger partial charge in [-0.2, -0.15) is 4.98 Å². The molecule has 10 heteroatoms. The standard InChI is InChI=1S/C27H26N6O3S/c1-14-21(26-31-17-8-2-3-10-20(17)37-26)25(30-19-12-16(13-34)23(35)24(19)36)33-27(29-14)32-18-9-4-6-15-7-5-11-28-22(15)18/h2-11,16,19,23-24,34-36H,12-13H2,1H3,(H2,29,30,32,33)/t16?,19?,23-,24+/m1/s1. The molecule has 9 nitrogen and oxygen atoms in total. The van der Waals surface area contributed by atoms with Gasteiger partial charge in [-0.15, -0.1) is 11.3 Å². The van der Waals surface area contributed by atoms with Gasteiger partial charge in [0.15, 0.2) is 0 Å². The summed E-state index contributed by atoms with van der Waals surface area (Å²) >= 11 is 1.54. The van der Waals surface area contributed by atoms with E-state index < -0.39 is 24.2 Å². The molecule has 0 amide bonds. The normalized spacial score (nSPS) is 21.5. The number of rotatable bonds is 6. The largest absolute Gasteiger partial charge is 0.396 e. The van der Waals surface area contributed by atoms with Crippen molar-refractivity contribution < 1.29 is 15.3 Å². The molecule has 1 saturated carbocycles. The molecule has 0 spiro atoms. The van der Waals surface area contributed by atoms with Crippen molar-refractivity contribution in [1.29, 1.82) is 0 Å². The van der Waals surface area contributed by atoms with E-state index in [1.165, 1.54) is 0 Å². The van der Waals surface area contributed by atoms with Crippen LogP contribution in [0, 0.1) is 12.8 Å². The van der Waals surface area contributed by atoms with Crippen molar-refractivity contribution in [3.63, 3.8) is 0 Å². The first-order valence-electron chi connectivity index (χ1n) is 12.1. The summed E-state index contributed by atoms with van der Waals surface area (Å²) in [4.78, 5) is 18.9. The molecule has 5 aromatic rings. The zero-order chi connectivity index (χ0) is 25.5. The lowest BCUT2D eigenvalue weighted by molar-refractivity contribution is 0.00446. The van der Waals surface area contributed by atoms with E-state index in [-0.39, 0.29) is 6.61 Å². The molecule has 0 saturated heterocycles. The molecule has 188 valence electrons. The molecule has 3 heterocycles. The van der Waals surface area contributed by atoms with Crippen LogP contribution in [0.2, 0.25) is 0 Å². The number of aromatic nitrogens is 4. The Morgan fingerprint density at radius 1 is 0.973 bits per heavy atom. The Balaban J connectivity index is 1.44. The summed E-state index contributed by atoms with van der Waals surface area (Å²) in [6.45, 7) is 1.70. The maximum atomic E-state index is 10.7. The molecule has 0 aliphatic heterocycles. The molecule has 0 radical (unpaired) electrons. The van der Waals surface area contributed by atoms with Crippen molar-refractivity contribution in [2.45, 2.75) is 31.6 Å². The van der Waals surface area contributed by atoms with E-state index in [0.29, 0.717) is 23.9 Å². The fraction of sp³-hybridized carbons (Fsp3) is 0.259. The second-order valence-electron chi connectivity index (χ2n) is 9.26. The molecule has 3 aromatic heterocycles. The summed E-state index contributed by atoms with van der Waals surface area (Å²) < 4.78 is 1.04. The van der Waals surface area contributed by atoms with Gasteiger partial charge < -0.3 is 26.0 Å². The number of para-hydroxylation sites is 2. The van der Waals surface area contributed by atoms with Crippen molar-refractivity contribution >= 4 is 49.9 Å². The monoisotopic (exact) mass is 514 g/mol. The molecule has 5 N–H and O–H groups in total. The summed E-state index contributed by atoms with van der Waals surface area (Å²) in [7, 11) is 0. The van der Waals surface area contributed by atoms with Gasteiger partial charge in [-0.3, -0.25) is 4.98 Å². The molecule has 0 bridgehead atoms. The first kappa shape index (κ1) is 23.7. The van der Waals surface area contributed by atoms with Crippen molar-refractivity contribution in [3.05, 3.63) is 66.5 Å². The van der Waals surface area contributed by atoms with Crippen LogP contribution in [0.3, 0.4) is 0 Å². The zero-order valence-electron chi connectivity index (χ0n) is 20.0. The van der Waals surface area contributed by atoms with Gasteiger partial charge in [-0.25, -0.2) is 9.97 Å². The topological polar surface area (TPSA) is 136 Å². The fourth-order valence-corrected chi connectivity index (χ4v) is 5.98. The number of thiazole rings is 1. The zero-order valence-corrected chi connectivity index (χ0v) is 20.9. The summed E-state index contributed by atoms with van der Waals surface area (Å²) in [6, 6.07) is 17.2. The summed E-state index contributed by atoms with van der Waals surface area (Å²) in [5, 5.41) is 39.1. The number of hydrogen-bond donors (Lipinski definition) is 5. The van der Waals surface area contributed by atoms with Crippen LogP contribution in [0.1, 0.15) is 12.1 Å². The van der Waals surface area contributed by atoms with E-state index in [1.807, 2.05) is 61.5 Å². The Hall–Kier alpha value is -3.70. The van der Waals surface area contributed by atoms with Crippen molar-refractivity contribution in [1.82, 2.24) is 19.9 Å². The van der Waals surface area contributed by atoms with Gasteiger partial charge in [0.1, 0.15) is 16.9 Å². The number of pyridine rings is 1. The van der Waals surface area contributed by atoms with Gasteiger partial charge in [-0.05, 0) is 37.6 Å². The first-order valence-corrected chi connectivity index (χ1v) is 12.9. The number of hydrogen-bond acceptors (Lipinski definition) is 10. The van der Waals surface area contributed by atoms with Gasteiger partial charge in [0.2, 0.25) is 5.95 Å². The molecule has 2 aromatic carbocycles. The Morgan fingerprint density at radius 2 is 1.81 bits per heavy atom. The van der Waals surface area contributed by atoms with Gasteiger partial charge in [0, 0.05) is 24.1 Å². The highest BCUT2D eigenvalue weighted by Crippen LogP contribution is 2.38. The number of fused-ring (bicyclic) bond motifs is 2. The summed E-state index contributed by atoms with van der Waals surface area (Å²) in [6.07, 6.45) is 0.0784. The highest BCUT2D eigenvalue weighted by molar-refractivity contribution is 7.21. The van der Waals surface area contributed by atoms with Crippen LogP contribution in [-0.4, -0.2) is 60.1 Å². The fourth-order valence-electron chi connectivity index (χ4n) is 4.92. The molecule has 37 heavy (non-hydrogen) atoms. The van der Waals surface area contributed by atoms with E-state index in [4.69, 9.17) is 15.0 Å². The minimum absolute atomic E-state index is 0.204. The maximum absolute atomic E-state index is 10.7.